The van der Waals surface area contributed by atoms with Crippen molar-refractivity contribution >= 4 is 82.9 Å². The molecule has 0 aliphatic rings. The van der Waals surface area contributed by atoms with Gasteiger partial charge in [0.15, 0.2) is 0 Å². The fourth-order valence-electron chi connectivity index (χ4n) is 1.13. The number of ether oxygens (including phenoxy) is 1. The predicted octanol–water partition coefficient (Wildman–Crippen LogP) is -3.34. The molecular formula is C10H16N2Na2O9. The summed E-state index contributed by atoms with van der Waals surface area (Å²) in [6.45, 7) is -2.65. The van der Waals surface area contributed by atoms with Gasteiger partial charge in [-0.3, -0.25) is 29.0 Å². The molecule has 0 aromatic rings. The van der Waals surface area contributed by atoms with E-state index >= 15 is 0 Å². The Morgan fingerprint density at radius 1 is 0.739 bits per heavy atom. The third-order valence-electron chi connectivity index (χ3n) is 2.15. The second-order valence-electron chi connectivity index (χ2n) is 3.75. The van der Waals surface area contributed by atoms with Crippen LogP contribution in [0.1, 0.15) is 12.8 Å². The zero-order valence-electron chi connectivity index (χ0n) is 13.0. The molecule has 23 heavy (non-hydrogen) atoms. The first-order chi connectivity index (χ1) is 9.81. The Balaban J connectivity index is -0.00000200. The summed E-state index contributed by atoms with van der Waals surface area (Å²) in [5.41, 5.74) is 0. The van der Waals surface area contributed by atoms with Crippen LogP contribution in [0.5, 0.6) is 0 Å². The first-order valence-corrected chi connectivity index (χ1v) is 5.60. The average molecular weight is 354 g/mol. The van der Waals surface area contributed by atoms with Gasteiger partial charge in [-0.1, -0.05) is 0 Å². The van der Waals surface area contributed by atoms with E-state index in [1.54, 1.807) is 0 Å². The first kappa shape index (κ1) is 27.6. The van der Waals surface area contributed by atoms with Crippen LogP contribution in [-0.2, 0) is 23.9 Å². The van der Waals surface area contributed by atoms with Gasteiger partial charge in [0.25, 0.3) is 0 Å². The molecule has 0 aromatic heterocycles. The summed E-state index contributed by atoms with van der Waals surface area (Å²) in [5, 5.41) is 34.6. The summed E-state index contributed by atoms with van der Waals surface area (Å²) >= 11 is 0. The molecule has 0 saturated carbocycles. The van der Waals surface area contributed by atoms with Gasteiger partial charge in [-0.25, -0.2) is 0 Å². The molecule has 2 amide bonds. The number of carbonyl (C=O) groups is 4. The summed E-state index contributed by atoms with van der Waals surface area (Å²) < 4.78 is 4.85. The number of hydrogen-bond donors (Lipinski definition) is 4. The molecule has 2 radical (unpaired) electrons. The first-order valence-electron chi connectivity index (χ1n) is 5.60. The smallest absolute Gasteiger partial charge is 0.312 e. The van der Waals surface area contributed by atoms with E-state index in [-0.39, 0.29) is 59.1 Å². The maximum Gasteiger partial charge on any atom is 0.312 e. The van der Waals surface area contributed by atoms with Crippen LogP contribution in [0.4, 0.5) is 0 Å². The zero-order chi connectivity index (χ0) is 16.4. The van der Waals surface area contributed by atoms with Gasteiger partial charge in [0.2, 0.25) is 11.8 Å². The average Bonchev–Trinajstić information content (AvgIpc) is 2.37. The quantitative estimate of drug-likeness (QED) is 0.178. The van der Waals surface area contributed by atoms with E-state index in [0.29, 0.717) is 9.80 Å². The number of carbonyl (C=O) groups excluding carboxylic acids is 2. The van der Waals surface area contributed by atoms with E-state index in [1.165, 1.54) is 0 Å². The fraction of sp³-hybridized carbons (Fsp3) is 0.600. The Labute approximate surface area is 175 Å². The Kier molecular flexibility index (Phi) is 18.4. The molecule has 122 valence electrons. The third kappa shape index (κ3) is 12.8. The number of rotatable bonds is 10. The number of aliphatic carboxylic acids is 2. The molecule has 0 heterocycles. The number of aliphatic hydroxyl groups is 2. The molecule has 0 rings (SSSR count). The molecule has 0 bridgehead atoms. The largest absolute Gasteiger partial charge is 0.481 e. The van der Waals surface area contributed by atoms with Crippen molar-refractivity contribution in [3.8, 4) is 0 Å². The van der Waals surface area contributed by atoms with Crippen molar-refractivity contribution in [3.63, 3.8) is 0 Å². The summed E-state index contributed by atoms with van der Waals surface area (Å²) in [5.74, 6) is -4.58. The third-order valence-corrected chi connectivity index (χ3v) is 2.15. The van der Waals surface area contributed by atoms with E-state index in [1.807, 2.05) is 0 Å². The summed E-state index contributed by atoms with van der Waals surface area (Å²) in [4.78, 5) is 44.6. The minimum absolute atomic E-state index is 0. The van der Waals surface area contributed by atoms with Crippen molar-refractivity contribution in [1.82, 2.24) is 9.80 Å². The molecule has 4 N–H and O–H groups in total. The van der Waals surface area contributed by atoms with E-state index < -0.39 is 63.5 Å². The van der Waals surface area contributed by atoms with Crippen LogP contribution >= 0.6 is 0 Å². The zero-order valence-corrected chi connectivity index (χ0v) is 17.0. The van der Waals surface area contributed by atoms with Gasteiger partial charge < -0.3 is 25.2 Å². The normalized spacial score (nSPS) is 9.13. The fourth-order valence-corrected chi connectivity index (χ4v) is 1.13. The minimum atomic E-state index is -1.38. The van der Waals surface area contributed by atoms with Crippen LogP contribution in [0.2, 0.25) is 0 Å². The van der Waals surface area contributed by atoms with Crippen molar-refractivity contribution in [2.75, 3.05) is 26.9 Å². The number of amides is 2. The Bertz CT molecular complexity index is 372. The molecule has 0 saturated heterocycles. The number of hydrogen-bond acceptors (Lipinski definition) is 7. The van der Waals surface area contributed by atoms with Gasteiger partial charge in [0, 0.05) is 59.1 Å². The molecule has 0 atom stereocenters. The number of aliphatic hydroxyl groups excluding tert-OH is 2. The molecule has 0 aromatic carbocycles. The van der Waals surface area contributed by atoms with E-state index in [0.717, 1.165) is 0 Å². The number of nitrogens with zero attached hydrogens (tertiary/aromatic N) is 2. The van der Waals surface area contributed by atoms with Gasteiger partial charge in [-0.2, -0.15) is 0 Å². The molecule has 13 heteroatoms. The standard InChI is InChI=1S/C10H16N2O9.2Na/c13-3-11(7(15)1-9(17)18)5-21-6-12(4-14)8(16)2-10(19)20;;/h13-14H,1-6H2,(H,17,18)(H,19,20);;. The Morgan fingerprint density at radius 2 is 1.04 bits per heavy atom. The van der Waals surface area contributed by atoms with Crippen LogP contribution in [0.25, 0.3) is 0 Å². The van der Waals surface area contributed by atoms with E-state index in [9.17, 15) is 19.2 Å². The van der Waals surface area contributed by atoms with Gasteiger partial charge >= 0.3 is 11.9 Å². The summed E-state index contributed by atoms with van der Waals surface area (Å²) in [6, 6.07) is 0. The second kappa shape index (κ2) is 15.3. The molecule has 0 aliphatic carbocycles. The molecule has 0 unspecified atom stereocenters. The molecule has 0 aliphatic heterocycles. The SMILES string of the molecule is O=C(O)CC(=O)N(CO)COCN(CO)C(=O)CC(=O)O.[Na].[Na]. The monoisotopic (exact) mass is 354 g/mol. The van der Waals surface area contributed by atoms with Crippen molar-refractivity contribution in [2.45, 2.75) is 12.8 Å². The number of carboxylic acid groups (broad SMARTS) is 2. The predicted molar refractivity (Wildman–Crippen MR) is 74.7 cm³/mol. The van der Waals surface area contributed by atoms with Crippen molar-refractivity contribution in [1.29, 1.82) is 0 Å². The molecule has 0 fully saturated rings. The molecular weight excluding hydrogens is 338 g/mol. The van der Waals surface area contributed by atoms with E-state index in [4.69, 9.17) is 25.2 Å². The van der Waals surface area contributed by atoms with Gasteiger partial charge in [-0.15, -0.1) is 0 Å². The van der Waals surface area contributed by atoms with Crippen molar-refractivity contribution in [3.05, 3.63) is 0 Å². The summed E-state index contributed by atoms with van der Waals surface area (Å²) in [7, 11) is 0. The van der Waals surface area contributed by atoms with Crippen molar-refractivity contribution in [2.24, 2.45) is 0 Å². The number of carboxylic acids is 2. The van der Waals surface area contributed by atoms with Gasteiger partial charge in [-0.05, 0) is 0 Å². The maximum atomic E-state index is 11.3. The van der Waals surface area contributed by atoms with Crippen LogP contribution in [0.15, 0.2) is 0 Å². The topological polar surface area (TPSA) is 165 Å². The Morgan fingerprint density at radius 3 is 1.26 bits per heavy atom. The van der Waals surface area contributed by atoms with Crippen LogP contribution in [-0.4, -0.2) is 140 Å². The molecule has 0 spiro atoms. The Hall–Kier alpha value is -0.240. The minimum Gasteiger partial charge on any atom is -0.481 e. The van der Waals surface area contributed by atoms with Crippen LogP contribution in [0.3, 0.4) is 0 Å². The van der Waals surface area contributed by atoms with Gasteiger partial charge in [0.1, 0.15) is 39.8 Å². The van der Waals surface area contributed by atoms with Crippen molar-refractivity contribution < 1.29 is 44.3 Å². The van der Waals surface area contributed by atoms with Crippen LogP contribution < -0.4 is 0 Å². The summed E-state index contributed by atoms with van der Waals surface area (Å²) in [6.07, 6.45) is -1.68. The van der Waals surface area contributed by atoms with Crippen LogP contribution in [0, 0.1) is 0 Å². The maximum absolute atomic E-state index is 11.3. The second-order valence-corrected chi connectivity index (χ2v) is 3.75. The van der Waals surface area contributed by atoms with E-state index in [2.05, 4.69) is 0 Å². The molecule has 11 nitrogen and oxygen atoms in total. The van der Waals surface area contributed by atoms with Gasteiger partial charge in [0.05, 0.1) is 0 Å².